The lowest BCUT2D eigenvalue weighted by atomic mass is 9.47. The van der Waals surface area contributed by atoms with E-state index in [4.69, 9.17) is 19.2 Å². The van der Waals surface area contributed by atoms with Gasteiger partial charge in [-0.15, -0.1) is 0 Å². The van der Waals surface area contributed by atoms with Crippen LogP contribution in [0.2, 0.25) is 0 Å². The Hall–Kier alpha value is -1.18. The van der Waals surface area contributed by atoms with Crippen LogP contribution in [0.1, 0.15) is 71.1 Å². The van der Waals surface area contributed by atoms with Gasteiger partial charge >= 0.3 is 11.9 Å². The molecule has 5 saturated carbocycles. The Labute approximate surface area is 165 Å². The zero-order valence-corrected chi connectivity index (χ0v) is 16.5. The molecule has 1 heterocycles. The molecule has 0 radical (unpaired) electrons. The Morgan fingerprint density at radius 3 is 2.36 bits per heavy atom. The Morgan fingerprint density at radius 2 is 1.75 bits per heavy atom. The standard InChI is InChI=1S/C21H30O7/c1-2-25-17(22)9-13-3-5-20(6-4-13)26-21(28-27-20)15-7-14-8-16(21)12-19(10-14,11-15)18(23)24/h13-16H,2-12H2,1H3,(H,23,24). The van der Waals surface area contributed by atoms with Gasteiger partial charge in [-0.25, -0.2) is 0 Å². The van der Waals surface area contributed by atoms with Crippen molar-refractivity contribution >= 4 is 11.9 Å². The zero-order chi connectivity index (χ0) is 19.6. The van der Waals surface area contributed by atoms with Crippen LogP contribution < -0.4 is 0 Å². The molecule has 2 spiro atoms. The molecular formula is C21H30O7. The van der Waals surface area contributed by atoms with Crippen molar-refractivity contribution in [3.05, 3.63) is 0 Å². The molecule has 0 aromatic rings. The SMILES string of the molecule is CCOC(=O)CC1CCC2(CC1)OOC1(O2)C2CC3CC1CC(C(=O)O)(C3)C2. The summed E-state index contributed by atoms with van der Waals surface area (Å²) in [5, 5.41) is 9.84. The highest BCUT2D eigenvalue weighted by Gasteiger charge is 2.71. The number of aliphatic carboxylic acids is 1. The van der Waals surface area contributed by atoms with Crippen molar-refractivity contribution in [2.75, 3.05) is 6.61 Å². The summed E-state index contributed by atoms with van der Waals surface area (Å²) in [5.74, 6) is -1.37. The van der Waals surface area contributed by atoms with Crippen LogP contribution in [-0.2, 0) is 28.8 Å². The summed E-state index contributed by atoms with van der Waals surface area (Å²) in [6.45, 7) is 2.24. The number of carboxylic acid groups (broad SMARTS) is 1. The van der Waals surface area contributed by atoms with Gasteiger partial charge in [0.05, 0.1) is 12.0 Å². The van der Waals surface area contributed by atoms with Crippen LogP contribution >= 0.6 is 0 Å². The van der Waals surface area contributed by atoms with Crippen LogP contribution in [0.5, 0.6) is 0 Å². The van der Waals surface area contributed by atoms with Gasteiger partial charge in [0.1, 0.15) is 0 Å². The molecule has 1 saturated heterocycles. The van der Waals surface area contributed by atoms with Gasteiger partial charge in [0.15, 0.2) is 0 Å². The fraction of sp³-hybridized carbons (Fsp3) is 0.905. The minimum absolute atomic E-state index is 0.0893. The third kappa shape index (κ3) is 2.73. The highest BCUT2D eigenvalue weighted by atomic mass is 17.3. The second-order valence-corrected chi connectivity index (χ2v) is 9.78. The minimum Gasteiger partial charge on any atom is -0.481 e. The maximum Gasteiger partial charge on any atom is 0.309 e. The number of esters is 1. The number of rotatable bonds is 4. The summed E-state index contributed by atoms with van der Waals surface area (Å²) in [5.41, 5.74) is -0.596. The van der Waals surface area contributed by atoms with Crippen LogP contribution in [0.3, 0.4) is 0 Å². The predicted molar refractivity (Wildman–Crippen MR) is 95.5 cm³/mol. The van der Waals surface area contributed by atoms with Crippen LogP contribution in [-0.4, -0.2) is 35.2 Å². The Bertz CT molecular complexity index is 650. The summed E-state index contributed by atoms with van der Waals surface area (Å²) in [4.78, 5) is 35.6. The van der Waals surface area contributed by atoms with Crippen LogP contribution in [0.15, 0.2) is 0 Å². The first-order chi connectivity index (χ1) is 13.4. The van der Waals surface area contributed by atoms with Crippen molar-refractivity contribution in [3.63, 3.8) is 0 Å². The molecule has 4 bridgehead atoms. The second-order valence-electron chi connectivity index (χ2n) is 9.78. The lowest BCUT2D eigenvalue weighted by Crippen LogP contribution is -2.64. The Kier molecular flexibility index (Phi) is 4.31. The van der Waals surface area contributed by atoms with E-state index in [0.29, 0.717) is 50.5 Å². The maximum absolute atomic E-state index is 12.0. The molecule has 2 unspecified atom stereocenters. The van der Waals surface area contributed by atoms with Gasteiger partial charge in [0.2, 0.25) is 11.6 Å². The summed E-state index contributed by atoms with van der Waals surface area (Å²) in [7, 11) is 0. The number of hydrogen-bond donors (Lipinski definition) is 1. The topological polar surface area (TPSA) is 91.3 Å². The fourth-order valence-electron chi connectivity index (χ4n) is 6.92. The van der Waals surface area contributed by atoms with Crippen molar-refractivity contribution < 1.29 is 33.9 Å². The fourth-order valence-corrected chi connectivity index (χ4v) is 6.92. The van der Waals surface area contributed by atoms with E-state index < -0.39 is 23.0 Å². The Morgan fingerprint density at radius 1 is 1.07 bits per heavy atom. The summed E-state index contributed by atoms with van der Waals surface area (Å²) in [6, 6.07) is 0. The highest BCUT2D eigenvalue weighted by Crippen LogP contribution is 2.67. The molecule has 1 N–H and O–H groups in total. The first-order valence-corrected chi connectivity index (χ1v) is 10.8. The summed E-state index contributed by atoms with van der Waals surface area (Å²) in [6.07, 6.45) is 7.52. The normalized spacial score (nSPS) is 49.0. The van der Waals surface area contributed by atoms with Crippen LogP contribution in [0, 0.1) is 29.1 Å². The molecule has 7 heteroatoms. The molecule has 6 aliphatic rings. The first kappa shape index (κ1) is 18.8. The Balaban J connectivity index is 1.27. The molecular weight excluding hydrogens is 364 g/mol. The average molecular weight is 394 g/mol. The lowest BCUT2D eigenvalue weighted by molar-refractivity contribution is -0.393. The predicted octanol–water partition coefficient (Wildman–Crippen LogP) is 3.41. The number of carbonyl (C=O) groups is 2. The number of carbonyl (C=O) groups excluding carboxylic acids is 1. The molecule has 28 heavy (non-hydrogen) atoms. The lowest BCUT2D eigenvalue weighted by Gasteiger charge is -2.60. The van der Waals surface area contributed by atoms with Gasteiger partial charge < -0.3 is 14.6 Å². The van der Waals surface area contributed by atoms with Gasteiger partial charge in [-0.1, -0.05) is 0 Å². The average Bonchev–Trinajstić information content (AvgIpc) is 3.02. The molecule has 156 valence electrons. The smallest absolute Gasteiger partial charge is 0.309 e. The van der Waals surface area contributed by atoms with E-state index in [-0.39, 0.29) is 17.8 Å². The van der Waals surface area contributed by atoms with E-state index in [1.807, 2.05) is 6.92 Å². The molecule has 1 aliphatic heterocycles. The number of ether oxygens (including phenoxy) is 2. The van der Waals surface area contributed by atoms with Crippen molar-refractivity contribution in [3.8, 4) is 0 Å². The molecule has 0 aromatic carbocycles. The highest BCUT2D eigenvalue weighted by molar-refractivity contribution is 5.75. The monoisotopic (exact) mass is 394 g/mol. The number of carboxylic acids is 1. The van der Waals surface area contributed by atoms with E-state index in [0.717, 1.165) is 32.1 Å². The van der Waals surface area contributed by atoms with Crippen LogP contribution in [0.4, 0.5) is 0 Å². The van der Waals surface area contributed by atoms with Crippen molar-refractivity contribution in [1.29, 1.82) is 0 Å². The summed E-state index contributed by atoms with van der Waals surface area (Å²) < 4.78 is 11.7. The first-order valence-electron chi connectivity index (χ1n) is 10.8. The van der Waals surface area contributed by atoms with Gasteiger partial charge in [-0.05, 0) is 63.7 Å². The molecule has 0 amide bonds. The van der Waals surface area contributed by atoms with Crippen molar-refractivity contribution in [2.24, 2.45) is 29.1 Å². The molecule has 6 rings (SSSR count). The molecule has 0 aromatic heterocycles. The third-order valence-corrected chi connectivity index (χ3v) is 8.08. The number of hydrogen-bond acceptors (Lipinski definition) is 6. The van der Waals surface area contributed by atoms with Gasteiger partial charge in [0.25, 0.3) is 0 Å². The molecule has 7 nitrogen and oxygen atoms in total. The third-order valence-electron chi connectivity index (χ3n) is 8.08. The molecule has 2 atom stereocenters. The van der Waals surface area contributed by atoms with Crippen molar-refractivity contribution in [2.45, 2.75) is 82.7 Å². The van der Waals surface area contributed by atoms with E-state index >= 15 is 0 Å². The van der Waals surface area contributed by atoms with Gasteiger partial charge in [-0.2, -0.15) is 9.78 Å². The van der Waals surface area contributed by atoms with Gasteiger partial charge in [0, 0.05) is 31.1 Å². The van der Waals surface area contributed by atoms with E-state index in [2.05, 4.69) is 0 Å². The largest absolute Gasteiger partial charge is 0.481 e. The maximum atomic E-state index is 12.0. The van der Waals surface area contributed by atoms with E-state index in [1.165, 1.54) is 0 Å². The molecule has 5 aliphatic carbocycles. The zero-order valence-electron chi connectivity index (χ0n) is 16.5. The minimum atomic E-state index is -0.774. The summed E-state index contributed by atoms with van der Waals surface area (Å²) >= 11 is 0. The van der Waals surface area contributed by atoms with E-state index in [1.54, 1.807) is 0 Å². The van der Waals surface area contributed by atoms with Crippen molar-refractivity contribution in [1.82, 2.24) is 0 Å². The van der Waals surface area contributed by atoms with E-state index in [9.17, 15) is 14.7 Å². The second kappa shape index (κ2) is 6.41. The quantitative estimate of drug-likeness (QED) is 0.577. The van der Waals surface area contributed by atoms with Crippen LogP contribution in [0.25, 0.3) is 0 Å². The van der Waals surface area contributed by atoms with Gasteiger partial charge in [-0.3, -0.25) is 9.59 Å². The molecule has 6 fully saturated rings.